The number of nitrogens with one attached hydrogen (secondary N) is 1. The van der Waals surface area contributed by atoms with Crippen LogP contribution in [0.2, 0.25) is 0 Å². The number of hydrogen-bond donors (Lipinski definition) is 1. The maximum atomic E-state index is 13.0. The van der Waals surface area contributed by atoms with Crippen molar-refractivity contribution in [3.05, 3.63) is 35.9 Å². The Balaban J connectivity index is 1.96. The Morgan fingerprint density at radius 3 is 2.68 bits per heavy atom. The van der Waals surface area contributed by atoms with E-state index in [1.54, 1.807) is 0 Å². The Kier molecular flexibility index (Phi) is 4.69. The maximum Gasteiger partial charge on any atom is 0.451 e. The lowest BCUT2D eigenvalue weighted by molar-refractivity contribution is -0.147. The lowest BCUT2D eigenvalue weighted by Gasteiger charge is -2.07. The SMILES string of the molecule is Cn1c(SCC(=O)Nc2cccc(F)c2)nnc1C(F)(F)F. The van der Waals surface area contributed by atoms with Crippen molar-refractivity contribution in [2.75, 3.05) is 11.1 Å². The number of aromatic nitrogens is 3. The van der Waals surface area contributed by atoms with Crippen molar-refractivity contribution in [3.8, 4) is 0 Å². The molecule has 2 rings (SSSR count). The molecule has 1 heterocycles. The summed E-state index contributed by atoms with van der Waals surface area (Å²) in [4.78, 5) is 11.7. The Hall–Kier alpha value is -2.10. The summed E-state index contributed by atoms with van der Waals surface area (Å²) in [5, 5.41) is 8.83. The van der Waals surface area contributed by atoms with Gasteiger partial charge in [0.15, 0.2) is 5.16 Å². The van der Waals surface area contributed by atoms with Gasteiger partial charge in [0, 0.05) is 12.7 Å². The number of amides is 1. The molecule has 0 unspecified atom stereocenters. The van der Waals surface area contributed by atoms with Crippen LogP contribution in [-0.4, -0.2) is 26.4 Å². The smallest absolute Gasteiger partial charge is 0.325 e. The zero-order valence-corrected chi connectivity index (χ0v) is 12.0. The number of anilines is 1. The lowest BCUT2D eigenvalue weighted by Crippen LogP contribution is -2.15. The Bertz CT molecular complexity index is 686. The zero-order valence-electron chi connectivity index (χ0n) is 11.2. The molecule has 0 atom stereocenters. The fourth-order valence-electron chi connectivity index (χ4n) is 1.58. The number of thioether (sulfide) groups is 1. The molecule has 118 valence electrons. The van der Waals surface area contributed by atoms with Gasteiger partial charge in [-0.3, -0.25) is 4.79 Å². The zero-order chi connectivity index (χ0) is 16.3. The summed E-state index contributed by atoms with van der Waals surface area (Å²) in [5.74, 6) is -2.32. The van der Waals surface area contributed by atoms with Gasteiger partial charge in [-0.05, 0) is 18.2 Å². The van der Waals surface area contributed by atoms with E-state index < -0.39 is 23.7 Å². The van der Waals surface area contributed by atoms with Crippen molar-refractivity contribution < 1.29 is 22.4 Å². The summed E-state index contributed by atoms with van der Waals surface area (Å²) >= 11 is 0.799. The molecule has 0 saturated carbocycles. The Morgan fingerprint density at radius 2 is 2.09 bits per heavy atom. The molecule has 1 amide bonds. The predicted molar refractivity (Wildman–Crippen MR) is 71.8 cm³/mol. The highest BCUT2D eigenvalue weighted by Crippen LogP contribution is 2.29. The fraction of sp³-hybridized carbons (Fsp3) is 0.250. The summed E-state index contributed by atoms with van der Waals surface area (Å²) in [6.07, 6.45) is -4.61. The van der Waals surface area contributed by atoms with Gasteiger partial charge in [0.05, 0.1) is 5.75 Å². The molecule has 0 saturated heterocycles. The van der Waals surface area contributed by atoms with Crippen molar-refractivity contribution in [3.63, 3.8) is 0 Å². The van der Waals surface area contributed by atoms with Gasteiger partial charge in [-0.1, -0.05) is 17.8 Å². The minimum absolute atomic E-state index is 0.0401. The van der Waals surface area contributed by atoms with Gasteiger partial charge in [0.2, 0.25) is 11.7 Å². The van der Waals surface area contributed by atoms with Gasteiger partial charge in [0.1, 0.15) is 5.82 Å². The normalized spacial score (nSPS) is 11.5. The molecule has 0 fully saturated rings. The largest absolute Gasteiger partial charge is 0.451 e. The van der Waals surface area contributed by atoms with E-state index in [4.69, 9.17) is 0 Å². The molecule has 1 N–H and O–H groups in total. The van der Waals surface area contributed by atoms with Gasteiger partial charge in [-0.15, -0.1) is 10.2 Å². The molecular formula is C12H10F4N4OS. The summed E-state index contributed by atoms with van der Waals surface area (Å²) in [6, 6.07) is 5.28. The van der Waals surface area contributed by atoms with Crippen molar-refractivity contribution in [2.24, 2.45) is 7.05 Å². The third kappa shape index (κ3) is 3.97. The standard InChI is InChI=1S/C12H10F4N4OS/c1-20-10(12(14,15)16)18-19-11(20)22-6-9(21)17-8-4-2-3-7(13)5-8/h2-5H,6H2,1H3,(H,17,21). The molecule has 0 aliphatic heterocycles. The Morgan fingerprint density at radius 1 is 1.36 bits per heavy atom. The third-order valence-corrected chi connectivity index (χ3v) is 3.55. The summed E-state index contributed by atoms with van der Waals surface area (Å²) in [5.41, 5.74) is 0.263. The molecule has 2 aromatic rings. The highest BCUT2D eigenvalue weighted by Gasteiger charge is 2.37. The van der Waals surface area contributed by atoms with E-state index in [9.17, 15) is 22.4 Å². The van der Waals surface area contributed by atoms with Gasteiger partial charge < -0.3 is 9.88 Å². The average molecular weight is 334 g/mol. The van der Waals surface area contributed by atoms with E-state index in [1.165, 1.54) is 18.2 Å². The second-order valence-corrected chi connectivity index (χ2v) is 5.15. The Labute approximate surface area is 126 Å². The minimum Gasteiger partial charge on any atom is -0.325 e. The quantitative estimate of drug-likeness (QED) is 0.690. The van der Waals surface area contributed by atoms with E-state index >= 15 is 0 Å². The highest BCUT2D eigenvalue weighted by molar-refractivity contribution is 7.99. The number of nitrogens with zero attached hydrogens (tertiary/aromatic N) is 3. The van der Waals surface area contributed by atoms with Crippen LogP contribution in [0.4, 0.5) is 23.2 Å². The number of benzene rings is 1. The van der Waals surface area contributed by atoms with Gasteiger partial charge in [-0.2, -0.15) is 13.2 Å². The van der Waals surface area contributed by atoms with Crippen LogP contribution in [0.25, 0.3) is 0 Å². The molecule has 10 heteroatoms. The first-order valence-corrected chi connectivity index (χ1v) is 6.91. The van der Waals surface area contributed by atoms with Crippen molar-refractivity contribution in [1.29, 1.82) is 0 Å². The first kappa shape index (κ1) is 16.3. The first-order valence-electron chi connectivity index (χ1n) is 5.92. The number of rotatable bonds is 4. The first-order chi connectivity index (χ1) is 10.3. The van der Waals surface area contributed by atoms with Crippen LogP contribution in [0.5, 0.6) is 0 Å². The van der Waals surface area contributed by atoms with Crippen LogP contribution in [-0.2, 0) is 18.0 Å². The van der Waals surface area contributed by atoms with E-state index in [2.05, 4.69) is 15.5 Å². The van der Waals surface area contributed by atoms with Crippen LogP contribution in [0.3, 0.4) is 0 Å². The second kappa shape index (κ2) is 6.34. The van der Waals surface area contributed by atoms with Crippen molar-refractivity contribution in [1.82, 2.24) is 14.8 Å². The maximum absolute atomic E-state index is 13.0. The monoisotopic (exact) mass is 334 g/mol. The van der Waals surface area contributed by atoms with E-state index in [0.29, 0.717) is 0 Å². The number of carbonyl (C=O) groups excluding carboxylic acids is 1. The average Bonchev–Trinajstić information content (AvgIpc) is 2.77. The van der Waals surface area contributed by atoms with Crippen molar-refractivity contribution in [2.45, 2.75) is 11.3 Å². The molecule has 0 aliphatic carbocycles. The van der Waals surface area contributed by atoms with Gasteiger partial charge >= 0.3 is 6.18 Å². The third-order valence-electron chi connectivity index (χ3n) is 2.53. The molecule has 5 nitrogen and oxygen atoms in total. The second-order valence-electron chi connectivity index (χ2n) is 4.21. The van der Waals surface area contributed by atoms with Crippen LogP contribution in [0.15, 0.2) is 29.4 Å². The minimum atomic E-state index is -4.61. The van der Waals surface area contributed by atoms with Crippen LogP contribution < -0.4 is 5.32 Å². The molecule has 1 aromatic heterocycles. The highest BCUT2D eigenvalue weighted by atomic mass is 32.2. The number of carbonyl (C=O) groups is 1. The van der Waals surface area contributed by atoms with Gasteiger partial charge in [-0.25, -0.2) is 4.39 Å². The van der Waals surface area contributed by atoms with Crippen LogP contribution in [0, 0.1) is 5.82 Å². The van der Waals surface area contributed by atoms with Crippen molar-refractivity contribution >= 4 is 23.4 Å². The summed E-state index contributed by atoms with van der Waals surface area (Å²) < 4.78 is 51.3. The van der Waals surface area contributed by atoms with Crippen LogP contribution >= 0.6 is 11.8 Å². The molecule has 0 radical (unpaired) electrons. The number of halogens is 4. The lowest BCUT2D eigenvalue weighted by atomic mass is 10.3. The number of alkyl halides is 3. The molecular weight excluding hydrogens is 324 g/mol. The summed E-state index contributed by atoms with van der Waals surface area (Å²) in [7, 11) is 1.16. The summed E-state index contributed by atoms with van der Waals surface area (Å²) in [6.45, 7) is 0. The van der Waals surface area contributed by atoms with E-state index in [-0.39, 0.29) is 16.6 Å². The molecule has 22 heavy (non-hydrogen) atoms. The predicted octanol–water partition coefficient (Wildman–Crippen LogP) is 2.70. The molecule has 0 spiro atoms. The molecule has 1 aromatic carbocycles. The topological polar surface area (TPSA) is 59.8 Å². The molecule has 0 bridgehead atoms. The van der Waals surface area contributed by atoms with E-state index in [1.807, 2.05) is 0 Å². The molecule has 0 aliphatic rings. The van der Waals surface area contributed by atoms with E-state index in [0.717, 1.165) is 29.4 Å². The van der Waals surface area contributed by atoms with Gasteiger partial charge in [0.25, 0.3) is 0 Å². The number of hydrogen-bond acceptors (Lipinski definition) is 4. The van der Waals surface area contributed by atoms with Crippen LogP contribution in [0.1, 0.15) is 5.82 Å². The fourth-order valence-corrected chi connectivity index (χ4v) is 2.29.